The van der Waals surface area contributed by atoms with E-state index in [4.69, 9.17) is 20.4 Å². The summed E-state index contributed by atoms with van der Waals surface area (Å²) in [6.07, 6.45) is 0. The fraction of sp³-hybridized carbons (Fsp3) is 0.300. The highest BCUT2D eigenvalue weighted by Crippen LogP contribution is 2.07. The van der Waals surface area contributed by atoms with Crippen molar-refractivity contribution in [2.75, 3.05) is 19.8 Å². The van der Waals surface area contributed by atoms with Crippen LogP contribution in [0, 0.1) is 0 Å². The van der Waals surface area contributed by atoms with Gasteiger partial charge in [0.2, 0.25) is 0 Å². The lowest BCUT2D eigenvalue weighted by Gasteiger charge is -2.05. The van der Waals surface area contributed by atoms with E-state index in [1.54, 1.807) is 0 Å². The molecule has 0 saturated heterocycles. The lowest BCUT2D eigenvalue weighted by atomic mass is 10.3. The van der Waals surface area contributed by atoms with E-state index in [1.165, 1.54) is 0 Å². The van der Waals surface area contributed by atoms with Crippen LogP contribution in [0.15, 0.2) is 35.5 Å². The molecule has 0 saturated carbocycles. The number of nitrogens with two attached hydrogens (primary N) is 1. The van der Waals surface area contributed by atoms with Gasteiger partial charge in [0.25, 0.3) is 0 Å². The molecular weight excluding hydrogens is 196 g/mol. The molecule has 0 atom stereocenters. The number of rotatable bonds is 6. The lowest BCUT2D eigenvalue weighted by molar-refractivity contribution is 0.125. The molecule has 3 N–H and O–H groups in total. The smallest absolute Gasteiger partial charge is 0.165 e. The van der Waals surface area contributed by atoms with Gasteiger partial charge in [0.1, 0.15) is 19.0 Å². The van der Waals surface area contributed by atoms with E-state index in [1.807, 2.05) is 30.3 Å². The van der Waals surface area contributed by atoms with E-state index >= 15 is 0 Å². The summed E-state index contributed by atoms with van der Waals surface area (Å²) in [5.41, 5.74) is 5.20. The largest absolute Gasteiger partial charge is 0.491 e. The second-order valence-corrected chi connectivity index (χ2v) is 2.81. The molecule has 1 aromatic rings. The van der Waals surface area contributed by atoms with Gasteiger partial charge in [-0.25, -0.2) is 0 Å². The number of nitrogens with zero attached hydrogens (tertiary/aromatic N) is 1. The molecule has 15 heavy (non-hydrogen) atoms. The van der Waals surface area contributed by atoms with Crippen LogP contribution in [-0.4, -0.2) is 30.9 Å². The highest BCUT2D eigenvalue weighted by Gasteiger charge is 1.94. The Morgan fingerprint density at radius 1 is 1.27 bits per heavy atom. The van der Waals surface area contributed by atoms with Crippen LogP contribution in [0.2, 0.25) is 0 Å². The third-order valence-electron chi connectivity index (χ3n) is 1.62. The van der Waals surface area contributed by atoms with Crippen molar-refractivity contribution in [2.45, 2.75) is 0 Å². The van der Waals surface area contributed by atoms with Gasteiger partial charge in [-0.15, -0.1) is 0 Å². The highest BCUT2D eigenvalue weighted by atomic mass is 16.5. The van der Waals surface area contributed by atoms with Crippen LogP contribution in [0.4, 0.5) is 0 Å². The zero-order chi connectivity index (χ0) is 10.9. The normalized spacial score (nSPS) is 11.3. The predicted octanol–water partition coefficient (Wildman–Crippen LogP) is 0.828. The zero-order valence-electron chi connectivity index (χ0n) is 8.30. The van der Waals surface area contributed by atoms with Crippen LogP contribution < -0.4 is 10.5 Å². The molecule has 0 radical (unpaired) electrons. The molecule has 5 nitrogen and oxygen atoms in total. The van der Waals surface area contributed by atoms with Gasteiger partial charge in [0.05, 0.1) is 6.61 Å². The monoisotopic (exact) mass is 210 g/mol. The van der Waals surface area contributed by atoms with Crippen molar-refractivity contribution in [3.05, 3.63) is 30.3 Å². The second-order valence-electron chi connectivity index (χ2n) is 2.81. The molecule has 0 fully saturated rings. The van der Waals surface area contributed by atoms with Gasteiger partial charge in [-0.05, 0) is 12.1 Å². The topological polar surface area (TPSA) is 77.1 Å². The van der Waals surface area contributed by atoms with Crippen molar-refractivity contribution in [3.63, 3.8) is 0 Å². The van der Waals surface area contributed by atoms with Crippen LogP contribution >= 0.6 is 0 Å². The molecule has 82 valence electrons. The summed E-state index contributed by atoms with van der Waals surface area (Å²) in [4.78, 5) is 0. The van der Waals surface area contributed by atoms with Crippen LogP contribution in [0.3, 0.4) is 0 Å². The van der Waals surface area contributed by atoms with Crippen LogP contribution in [-0.2, 0) is 4.74 Å². The molecule has 0 aromatic heterocycles. The number of ether oxygens (including phenoxy) is 2. The predicted molar refractivity (Wildman–Crippen MR) is 56.2 cm³/mol. The van der Waals surface area contributed by atoms with E-state index in [-0.39, 0.29) is 12.4 Å². The van der Waals surface area contributed by atoms with Crippen LogP contribution in [0.25, 0.3) is 0 Å². The fourth-order valence-corrected chi connectivity index (χ4v) is 0.941. The van der Waals surface area contributed by atoms with Gasteiger partial charge in [0, 0.05) is 0 Å². The standard InChI is InChI=1S/C10H14N2O3/c11-10(12-13)8-14-6-7-15-9-4-2-1-3-5-9/h1-5,13H,6-8H2,(H2,11,12). The Labute approximate surface area is 88.1 Å². The van der Waals surface area contributed by atoms with E-state index in [9.17, 15) is 0 Å². The second kappa shape index (κ2) is 6.67. The average Bonchev–Trinajstić information content (AvgIpc) is 2.29. The van der Waals surface area contributed by atoms with Crippen molar-refractivity contribution in [3.8, 4) is 5.75 Å². The minimum Gasteiger partial charge on any atom is -0.491 e. The maximum Gasteiger partial charge on any atom is 0.165 e. The highest BCUT2D eigenvalue weighted by molar-refractivity contribution is 5.80. The Bertz CT molecular complexity index is 301. The van der Waals surface area contributed by atoms with Gasteiger partial charge in [-0.2, -0.15) is 0 Å². The van der Waals surface area contributed by atoms with Crippen LogP contribution in [0.5, 0.6) is 5.75 Å². The van der Waals surface area contributed by atoms with Crippen molar-refractivity contribution >= 4 is 5.84 Å². The van der Waals surface area contributed by atoms with E-state index in [0.29, 0.717) is 13.2 Å². The number of para-hydroxylation sites is 1. The molecule has 0 spiro atoms. The molecule has 0 heterocycles. The third-order valence-corrected chi connectivity index (χ3v) is 1.62. The summed E-state index contributed by atoms with van der Waals surface area (Å²) in [6, 6.07) is 9.44. The number of hydrogen-bond donors (Lipinski definition) is 2. The minimum atomic E-state index is 0.0507. The fourth-order valence-electron chi connectivity index (χ4n) is 0.941. The third kappa shape index (κ3) is 4.87. The minimum absolute atomic E-state index is 0.0507. The molecule has 1 aromatic carbocycles. The summed E-state index contributed by atoms with van der Waals surface area (Å²) in [5.74, 6) is 0.847. The number of amidine groups is 1. The zero-order valence-corrected chi connectivity index (χ0v) is 8.30. The van der Waals surface area contributed by atoms with Gasteiger partial charge >= 0.3 is 0 Å². The van der Waals surface area contributed by atoms with Crippen molar-refractivity contribution < 1.29 is 14.7 Å². The van der Waals surface area contributed by atoms with Crippen molar-refractivity contribution in [2.24, 2.45) is 10.9 Å². The Kier molecular flexibility index (Phi) is 5.03. The van der Waals surface area contributed by atoms with Gasteiger partial charge < -0.3 is 20.4 Å². The molecule has 1 rings (SSSR count). The Balaban J connectivity index is 2.08. The summed E-state index contributed by atoms with van der Waals surface area (Å²) in [6.45, 7) is 0.933. The average molecular weight is 210 g/mol. The molecular formula is C10H14N2O3. The van der Waals surface area contributed by atoms with Gasteiger partial charge in [-0.1, -0.05) is 23.4 Å². The van der Waals surface area contributed by atoms with E-state index < -0.39 is 0 Å². The summed E-state index contributed by atoms with van der Waals surface area (Å²) in [5, 5.41) is 11.0. The van der Waals surface area contributed by atoms with Crippen LogP contribution in [0.1, 0.15) is 0 Å². The molecule has 0 aliphatic rings. The quantitative estimate of drug-likeness (QED) is 0.240. The first-order valence-electron chi connectivity index (χ1n) is 4.55. The first-order valence-corrected chi connectivity index (χ1v) is 4.55. The van der Waals surface area contributed by atoms with Crippen molar-refractivity contribution in [1.82, 2.24) is 0 Å². The van der Waals surface area contributed by atoms with Crippen molar-refractivity contribution in [1.29, 1.82) is 0 Å². The Hall–Kier alpha value is -1.75. The maximum atomic E-state index is 8.22. The summed E-state index contributed by atoms with van der Waals surface area (Å²) >= 11 is 0. The number of hydrogen-bond acceptors (Lipinski definition) is 4. The van der Waals surface area contributed by atoms with E-state index in [2.05, 4.69) is 5.16 Å². The first-order chi connectivity index (χ1) is 7.33. The Morgan fingerprint density at radius 2 is 2.00 bits per heavy atom. The molecule has 0 aliphatic carbocycles. The number of benzene rings is 1. The molecule has 0 amide bonds. The van der Waals surface area contributed by atoms with Gasteiger partial charge in [-0.3, -0.25) is 0 Å². The first kappa shape index (κ1) is 11.3. The molecule has 0 bridgehead atoms. The SMILES string of the molecule is N/C(COCCOc1ccccc1)=N\O. The summed E-state index contributed by atoms with van der Waals surface area (Å²) in [7, 11) is 0. The lowest BCUT2D eigenvalue weighted by Crippen LogP contribution is -2.20. The van der Waals surface area contributed by atoms with Gasteiger partial charge in [0.15, 0.2) is 5.84 Å². The molecule has 0 unspecified atom stereocenters. The maximum absolute atomic E-state index is 8.22. The molecule has 0 aliphatic heterocycles. The Morgan fingerprint density at radius 3 is 2.67 bits per heavy atom. The van der Waals surface area contributed by atoms with E-state index in [0.717, 1.165) is 5.75 Å². The number of oxime groups is 1. The molecule has 5 heteroatoms. The summed E-state index contributed by atoms with van der Waals surface area (Å²) < 4.78 is 10.4.